The van der Waals surface area contributed by atoms with Crippen LogP contribution in [0.3, 0.4) is 0 Å². The summed E-state index contributed by atoms with van der Waals surface area (Å²) in [7, 11) is 0. The van der Waals surface area contributed by atoms with Crippen LogP contribution in [-0.4, -0.2) is 59.8 Å². The van der Waals surface area contributed by atoms with Gasteiger partial charge in [0.15, 0.2) is 11.5 Å². The maximum atomic E-state index is 9.96. The Morgan fingerprint density at radius 3 is 2.84 bits per heavy atom. The molecular formula is C10H12N4O4S. The van der Waals surface area contributed by atoms with Gasteiger partial charge in [0.05, 0.1) is 6.61 Å². The minimum Gasteiger partial charge on any atom is -0.394 e. The van der Waals surface area contributed by atoms with Gasteiger partial charge in [0.1, 0.15) is 29.1 Å². The van der Waals surface area contributed by atoms with Crippen LogP contribution in [0, 0.1) is 4.64 Å². The molecule has 0 saturated carbocycles. The summed E-state index contributed by atoms with van der Waals surface area (Å²) in [6.07, 6.45) is -0.786. The number of nitrogens with zero attached hydrogens (tertiary/aromatic N) is 3. The van der Waals surface area contributed by atoms with E-state index in [1.165, 1.54) is 0 Å². The van der Waals surface area contributed by atoms with E-state index in [1.807, 2.05) is 0 Å². The summed E-state index contributed by atoms with van der Waals surface area (Å²) in [4.78, 5) is 2.82. The summed E-state index contributed by atoms with van der Waals surface area (Å²) in [5.41, 5.74) is 0.435. The van der Waals surface area contributed by atoms with E-state index in [0.717, 1.165) is 0 Å². The summed E-state index contributed by atoms with van der Waals surface area (Å²) >= 11 is 5.07. The molecule has 8 nitrogen and oxygen atoms in total. The lowest BCUT2D eigenvalue weighted by molar-refractivity contribution is -0.0255. The molecule has 9 heteroatoms. The van der Waals surface area contributed by atoms with Crippen LogP contribution < -0.4 is 0 Å². The number of ether oxygens (including phenoxy) is 1. The van der Waals surface area contributed by atoms with Crippen molar-refractivity contribution in [2.45, 2.75) is 24.4 Å². The zero-order chi connectivity index (χ0) is 13.6. The standard InChI is InChI=1S/C10H12N4O4S/c15-3-4-5(16)6(17)7(18-4)8-12-13-9-10(19)11-1-2-14(8)9/h1-2,4-7,15-17H,3H2,(H,11,19)/t4-,5-,6-,7-/m1/s1. The zero-order valence-corrected chi connectivity index (χ0v) is 10.5. The first kappa shape index (κ1) is 12.6. The quantitative estimate of drug-likeness (QED) is 0.519. The Morgan fingerprint density at radius 1 is 1.37 bits per heavy atom. The van der Waals surface area contributed by atoms with Gasteiger partial charge in [-0.3, -0.25) is 4.40 Å². The van der Waals surface area contributed by atoms with Crippen molar-refractivity contribution in [1.82, 2.24) is 19.6 Å². The Hall–Kier alpha value is -1.39. The molecule has 4 N–H and O–H groups in total. The monoisotopic (exact) mass is 284 g/mol. The molecule has 3 rings (SSSR count). The number of rotatable bonds is 2. The van der Waals surface area contributed by atoms with Gasteiger partial charge in [0.2, 0.25) is 0 Å². The lowest BCUT2D eigenvalue weighted by atomic mass is 10.1. The van der Waals surface area contributed by atoms with E-state index >= 15 is 0 Å². The summed E-state index contributed by atoms with van der Waals surface area (Å²) in [6.45, 7) is -0.383. The van der Waals surface area contributed by atoms with Crippen LogP contribution in [0.4, 0.5) is 0 Å². The number of hydrogen-bond acceptors (Lipinski definition) is 7. The molecule has 2 aromatic rings. The lowest BCUT2D eigenvalue weighted by Gasteiger charge is -2.12. The smallest absolute Gasteiger partial charge is 0.196 e. The Labute approximate surface area is 112 Å². The van der Waals surface area contributed by atoms with Crippen LogP contribution in [0.2, 0.25) is 0 Å². The van der Waals surface area contributed by atoms with Gasteiger partial charge in [0, 0.05) is 12.4 Å². The van der Waals surface area contributed by atoms with Crippen molar-refractivity contribution < 1.29 is 20.1 Å². The predicted molar refractivity (Wildman–Crippen MR) is 64.9 cm³/mol. The first-order valence-corrected chi connectivity index (χ1v) is 6.09. The molecule has 0 amide bonds. The van der Waals surface area contributed by atoms with Crippen LogP contribution in [-0.2, 0) is 4.74 Å². The number of hydrogen-bond donors (Lipinski definition) is 4. The normalized spacial score (nSPS) is 31.1. The van der Waals surface area contributed by atoms with Gasteiger partial charge in [-0.1, -0.05) is 12.2 Å². The van der Waals surface area contributed by atoms with Crippen LogP contribution in [0.1, 0.15) is 11.9 Å². The Bertz CT molecular complexity index is 656. The highest BCUT2D eigenvalue weighted by molar-refractivity contribution is 7.71. The molecule has 2 aromatic heterocycles. The fourth-order valence-electron chi connectivity index (χ4n) is 2.16. The highest BCUT2D eigenvalue weighted by atomic mass is 32.1. The van der Waals surface area contributed by atoms with Gasteiger partial charge in [-0.05, 0) is 0 Å². The average molecular weight is 284 g/mol. The molecule has 1 aliphatic heterocycles. The van der Waals surface area contributed by atoms with Crippen molar-refractivity contribution >= 4 is 17.9 Å². The number of aliphatic hydroxyl groups excluding tert-OH is 3. The molecule has 0 bridgehead atoms. The second kappa shape index (κ2) is 4.62. The largest absolute Gasteiger partial charge is 0.394 e. The van der Waals surface area contributed by atoms with Gasteiger partial charge in [-0.15, -0.1) is 10.2 Å². The van der Waals surface area contributed by atoms with Gasteiger partial charge in [0.25, 0.3) is 0 Å². The van der Waals surface area contributed by atoms with Crippen molar-refractivity contribution in [3.8, 4) is 0 Å². The summed E-state index contributed by atoms with van der Waals surface area (Å²) in [5.74, 6) is 0.331. The topological polar surface area (TPSA) is 116 Å². The van der Waals surface area contributed by atoms with Crippen molar-refractivity contribution in [3.63, 3.8) is 0 Å². The predicted octanol–water partition coefficient (Wildman–Crippen LogP) is -1.06. The lowest BCUT2D eigenvalue weighted by Crippen LogP contribution is -2.32. The van der Waals surface area contributed by atoms with E-state index in [-0.39, 0.29) is 6.61 Å². The number of aliphatic hydroxyl groups is 3. The minimum atomic E-state index is -1.18. The second-order valence-corrected chi connectivity index (χ2v) is 4.71. The van der Waals surface area contributed by atoms with E-state index in [2.05, 4.69) is 15.2 Å². The molecule has 19 heavy (non-hydrogen) atoms. The van der Waals surface area contributed by atoms with Gasteiger partial charge in [-0.25, -0.2) is 0 Å². The molecular weight excluding hydrogens is 272 g/mol. The molecule has 1 fully saturated rings. The highest BCUT2D eigenvalue weighted by Crippen LogP contribution is 2.32. The van der Waals surface area contributed by atoms with Crippen LogP contribution in [0.25, 0.3) is 5.65 Å². The van der Waals surface area contributed by atoms with E-state index in [4.69, 9.17) is 22.1 Å². The molecule has 0 spiro atoms. The molecule has 0 unspecified atom stereocenters. The number of aromatic nitrogens is 4. The van der Waals surface area contributed by atoms with Crippen LogP contribution in [0.5, 0.6) is 0 Å². The minimum absolute atomic E-state index is 0.331. The Kier molecular flexibility index (Phi) is 3.07. The fraction of sp³-hybridized carbons (Fsp3) is 0.500. The molecule has 1 aliphatic rings. The molecule has 3 heterocycles. The van der Waals surface area contributed by atoms with E-state index in [9.17, 15) is 10.2 Å². The maximum absolute atomic E-state index is 9.96. The van der Waals surface area contributed by atoms with Crippen LogP contribution in [0.15, 0.2) is 12.4 Å². The van der Waals surface area contributed by atoms with E-state index in [0.29, 0.717) is 16.1 Å². The van der Waals surface area contributed by atoms with Crippen molar-refractivity contribution in [1.29, 1.82) is 0 Å². The van der Waals surface area contributed by atoms with Gasteiger partial charge >= 0.3 is 0 Å². The number of nitrogens with one attached hydrogen (secondary N) is 1. The summed E-state index contributed by atoms with van der Waals surface area (Å²) in [5, 5.41) is 36.6. The average Bonchev–Trinajstić information content (AvgIpc) is 2.94. The molecule has 4 atom stereocenters. The van der Waals surface area contributed by atoms with E-state index < -0.39 is 24.4 Å². The van der Waals surface area contributed by atoms with Crippen molar-refractivity contribution in [3.05, 3.63) is 22.9 Å². The Balaban J connectivity index is 2.06. The SMILES string of the molecule is OC[C@H]1O[C@@H](c2nnc3c(=S)[nH]ccn23)[C@H](O)[C@@H]1O. The third-order valence-corrected chi connectivity index (χ3v) is 3.46. The van der Waals surface area contributed by atoms with Gasteiger partial charge < -0.3 is 25.0 Å². The number of H-pyrrole nitrogens is 1. The van der Waals surface area contributed by atoms with Crippen LogP contribution >= 0.6 is 12.2 Å². The van der Waals surface area contributed by atoms with E-state index in [1.54, 1.807) is 16.8 Å². The van der Waals surface area contributed by atoms with Crippen molar-refractivity contribution in [2.75, 3.05) is 6.61 Å². The second-order valence-electron chi connectivity index (χ2n) is 4.30. The molecule has 1 saturated heterocycles. The molecule has 102 valence electrons. The van der Waals surface area contributed by atoms with Crippen molar-refractivity contribution in [2.24, 2.45) is 0 Å². The fourth-order valence-corrected chi connectivity index (χ4v) is 2.37. The third kappa shape index (κ3) is 1.86. The summed E-state index contributed by atoms with van der Waals surface area (Å²) < 4.78 is 7.40. The highest BCUT2D eigenvalue weighted by Gasteiger charge is 2.45. The molecule has 0 aromatic carbocycles. The maximum Gasteiger partial charge on any atom is 0.196 e. The van der Waals surface area contributed by atoms with Gasteiger partial charge in [-0.2, -0.15) is 0 Å². The molecule has 0 radical (unpaired) electrons. The summed E-state index contributed by atoms with van der Waals surface area (Å²) in [6, 6.07) is 0. The third-order valence-electron chi connectivity index (χ3n) is 3.16. The molecule has 0 aliphatic carbocycles. The first-order valence-electron chi connectivity index (χ1n) is 5.68. The number of fused-ring (bicyclic) bond motifs is 1. The first-order chi connectivity index (χ1) is 9.13. The Morgan fingerprint density at radius 2 is 2.16 bits per heavy atom. The zero-order valence-electron chi connectivity index (χ0n) is 9.67. The number of aromatic amines is 1.